The van der Waals surface area contributed by atoms with Crippen LogP contribution in [0.5, 0.6) is 17.2 Å². The normalized spacial score (nSPS) is 10.2. The highest BCUT2D eigenvalue weighted by molar-refractivity contribution is 6.34. The molecule has 0 unspecified atom stereocenters. The summed E-state index contributed by atoms with van der Waals surface area (Å²) >= 11 is 5.79. The summed E-state index contributed by atoms with van der Waals surface area (Å²) in [5, 5.41) is 2.31. The van der Waals surface area contributed by atoms with Crippen molar-refractivity contribution >= 4 is 23.2 Å². The van der Waals surface area contributed by atoms with Gasteiger partial charge in [0.25, 0.3) is 5.91 Å². The summed E-state index contributed by atoms with van der Waals surface area (Å²) in [5.74, 6) is -2.03. The maximum absolute atomic E-state index is 13.3. The van der Waals surface area contributed by atoms with Gasteiger partial charge in [-0.1, -0.05) is 11.6 Å². The van der Waals surface area contributed by atoms with Crippen molar-refractivity contribution in [2.45, 2.75) is 0 Å². The Bertz CT molecular complexity index is 758. The monoisotopic (exact) mass is 357 g/mol. The first-order valence-electron chi connectivity index (χ1n) is 6.67. The number of hydrogen-bond acceptors (Lipinski definition) is 4. The quantitative estimate of drug-likeness (QED) is 0.825. The molecule has 0 atom stereocenters. The Hall–Kier alpha value is -2.54. The van der Waals surface area contributed by atoms with Crippen molar-refractivity contribution < 1.29 is 27.8 Å². The lowest BCUT2D eigenvalue weighted by Crippen LogP contribution is -2.13. The van der Waals surface area contributed by atoms with Crippen LogP contribution >= 0.6 is 11.6 Å². The number of ether oxygens (including phenoxy) is 3. The van der Waals surface area contributed by atoms with Gasteiger partial charge in [-0.15, -0.1) is 0 Å². The van der Waals surface area contributed by atoms with Crippen molar-refractivity contribution in [1.82, 2.24) is 0 Å². The minimum Gasteiger partial charge on any atom is -0.493 e. The first kappa shape index (κ1) is 17.8. The summed E-state index contributed by atoms with van der Waals surface area (Å²) in [6.07, 6.45) is 0. The summed E-state index contributed by atoms with van der Waals surface area (Å²) in [5.41, 5.74) is 0.0969. The van der Waals surface area contributed by atoms with Gasteiger partial charge in [0.1, 0.15) is 0 Å². The van der Waals surface area contributed by atoms with Crippen molar-refractivity contribution in [2.75, 3.05) is 26.6 Å². The van der Waals surface area contributed by atoms with Crippen LogP contribution in [0.2, 0.25) is 5.02 Å². The lowest BCUT2D eigenvalue weighted by molar-refractivity contribution is 0.102. The molecule has 0 saturated heterocycles. The minimum absolute atomic E-state index is 0.204. The van der Waals surface area contributed by atoms with E-state index in [0.29, 0.717) is 22.9 Å². The van der Waals surface area contributed by atoms with Crippen LogP contribution in [-0.4, -0.2) is 27.2 Å². The SMILES string of the molecule is COc1cc(NC(=O)c2cc(F)c(F)cc2Cl)cc(OC)c1OC. The standard InChI is InChI=1S/C16H14ClF2NO4/c1-22-13-4-8(5-14(23-2)15(13)24-3)20-16(21)9-6-11(18)12(19)7-10(9)17/h4-7H,1-3H3,(H,20,21). The van der Waals surface area contributed by atoms with Gasteiger partial charge in [0.15, 0.2) is 23.1 Å². The molecule has 24 heavy (non-hydrogen) atoms. The lowest BCUT2D eigenvalue weighted by atomic mass is 10.2. The molecule has 1 N–H and O–H groups in total. The summed E-state index contributed by atoms with van der Waals surface area (Å²) < 4.78 is 41.9. The Kier molecular flexibility index (Phi) is 5.46. The fraction of sp³-hybridized carbons (Fsp3) is 0.188. The molecule has 0 heterocycles. The molecule has 0 aromatic heterocycles. The fourth-order valence-corrected chi connectivity index (χ4v) is 2.28. The summed E-state index contributed by atoms with van der Waals surface area (Å²) in [6, 6.07) is 4.45. The molecule has 0 bridgehead atoms. The number of hydrogen-bond donors (Lipinski definition) is 1. The largest absolute Gasteiger partial charge is 0.493 e. The van der Waals surface area contributed by atoms with E-state index in [1.165, 1.54) is 33.5 Å². The number of amides is 1. The number of carbonyl (C=O) groups excluding carboxylic acids is 1. The molecule has 2 aromatic rings. The van der Waals surface area contributed by atoms with Crippen LogP contribution in [0.1, 0.15) is 10.4 Å². The van der Waals surface area contributed by atoms with Crippen LogP contribution in [0.4, 0.5) is 14.5 Å². The fourth-order valence-electron chi connectivity index (χ4n) is 2.05. The topological polar surface area (TPSA) is 56.8 Å². The number of anilines is 1. The van der Waals surface area contributed by atoms with Gasteiger partial charge >= 0.3 is 0 Å². The Morgan fingerprint density at radius 1 is 0.958 bits per heavy atom. The van der Waals surface area contributed by atoms with Gasteiger partial charge < -0.3 is 19.5 Å². The number of rotatable bonds is 5. The Balaban J connectivity index is 2.37. The lowest BCUT2D eigenvalue weighted by Gasteiger charge is -2.15. The van der Waals surface area contributed by atoms with E-state index in [2.05, 4.69) is 5.32 Å². The molecule has 128 valence electrons. The highest BCUT2D eigenvalue weighted by Gasteiger charge is 2.18. The number of methoxy groups -OCH3 is 3. The molecule has 8 heteroatoms. The van der Waals surface area contributed by atoms with Crippen molar-refractivity contribution in [3.63, 3.8) is 0 Å². The van der Waals surface area contributed by atoms with Crippen molar-refractivity contribution in [3.8, 4) is 17.2 Å². The van der Waals surface area contributed by atoms with E-state index in [9.17, 15) is 13.6 Å². The Labute approximate surface area is 142 Å². The molecule has 0 aliphatic heterocycles. The van der Waals surface area contributed by atoms with E-state index in [4.69, 9.17) is 25.8 Å². The molecule has 2 rings (SSSR count). The summed E-state index contributed by atoms with van der Waals surface area (Å²) in [7, 11) is 4.30. The highest BCUT2D eigenvalue weighted by Crippen LogP contribution is 2.40. The Morgan fingerprint density at radius 2 is 1.50 bits per heavy atom. The second-order valence-corrected chi connectivity index (χ2v) is 5.02. The zero-order valence-electron chi connectivity index (χ0n) is 13.1. The zero-order valence-corrected chi connectivity index (χ0v) is 13.8. The average molecular weight is 358 g/mol. The van der Waals surface area contributed by atoms with E-state index in [0.717, 1.165) is 12.1 Å². The highest BCUT2D eigenvalue weighted by atomic mass is 35.5. The van der Waals surface area contributed by atoms with Crippen LogP contribution in [-0.2, 0) is 0 Å². The molecule has 0 spiro atoms. The minimum atomic E-state index is -1.17. The average Bonchev–Trinajstić information content (AvgIpc) is 2.56. The van der Waals surface area contributed by atoms with Gasteiger partial charge in [-0.05, 0) is 12.1 Å². The molecule has 0 aliphatic rings. The first-order valence-corrected chi connectivity index (χ1v) is 7.05. The predicted molar refractivity (Wildman–Crippen MR) is 85.4 cm³/mol. The number of halogens is 3. The zero-order chi connectivity index (χ0) is 17.9. The van der Waals surface area contributed by atoms with Crippen molar-refractivity contribution in [3.05, 3.63) is 46.5 Å². The number of benzene rings is 2. The molecule has 0 aliphatic carbocycles. The molecular weight excluding hydrogens is 344 g/mol. The maximum Gasteiger partial charge on any atom is 0.257 e. The van der Waals surface area contributed by atoms with Crippen LogP contribution in [0.15, 0.2) is 24.3 Å². The van der Waals surface area contributed by atoms with Crippen molar-refractivity contribution in [2.24, 2.45) is 0 Å². The smallest absolute Gasteiger partial charge is 0.257 e. The molecule has 0 radical (unpaired) electrons. The van der Waals surface area contributed by atoms with Gasteiger partial charge in [-0.2, -0.15) is 0 Å². The third-order valence-electron chi connectivity index (χ3n) is 3.18. The second-order valence-electron chi connectivity index (χ2n) is 4.61. The second kappa shape index (κ2) is 7.35. The molecule has 5 nitrogen and oxygen atoms in total. The number of carbonyl (C=O) groups is 1. The molecular formula is C16H14ClF2NO4. The van der Waals surface area contributed by atoms with E-state index in [-0.39, 0.29) is 10.6 Å². The molecule has 1 amide bonds. The predicted octanol–water partition coefficient (Wildman–Crippen LogP) is 3.90. The number of nitrogens with one attached hydrogen (secondary N) is 1. The Morgan fingerprint density at radius 3 is 2.00 bits per heavy atom. The third kappa shape index (κ3) is 3.51. The van der Waals surface area contributed by atoms with Crippen LogP contribution in [0.3, 0.4) is 0 Å². The van der Waals surface area contributed by atoms with Gasteiger partial charge in [0, 0.05) is 17.8 Å². The van der Waals surface area contributed by atoms with Crippen LogP contribution < -0.4 is 19.5 Å². The van der Waals surface area contributed by atoms with E-state index >= 15 is 0 Å². The summed E-state index contributed by atoms with van der Waals surface area (Å²) in [4.78, 5) is 12.3. The summed E-state index contributed by atoms with van der Waals surface area (Å²) in [6.45, 7) is 0. The molecule has 0 fully saturated rings. The third-order valence-corrected chi connectivity index (χ3v) is 3.49. The van der Waals surface area contributed by atoms with Gasteiger partial charge in [0.05, 0.1) is 31.9 Å². The van der Waals surface area contributed by atoms with Crippen LogP contribution in [0.25, 0.3) is 0 Å². The van der Waals surface area contributed by atoms with Gasteiger partial charge in [-0.25, -0.2) is 8.78 Å². The maximum atomic E-state index is 13.3. The van der Waals surface area contributed by atoms with Gasteiger partial charge in [0.2, 0.25) is 5.75 Å². The molecule has 0 saturated carbocycles. The van der Waals surface area contributed by atoms with E-state index in [1.54, 1.807) is 0 Å². The molecule has 2 aromatic carbocycles. The van der Waals surface area contributed by atoms with E-state index < -0.39 is 17.5 Å². The van der Waals surface area contributed by atoms with E-state index in [1.807, 2.05) is 0 Å². The van der Waals surface area contributed by atoms with Crippen molar-refractivity contribution in [1.29, 1.82) is 0 Å². The van der Waals surface area contributed by atoms with Gasteiger partial charge in [-0.3, -0.25) is 4.79 Å². The first-order chi connectivity index (χ1) is 11.4. The van der Waals surface area contributed by atoms with Crippen LogP contribution in [0, 0.1) is 11.6 Å².